The maximum atomic E-state index is 11.6. The van der Waals surface area contributed by atoms with Crippen molar-refractivity contribution in [2.45, 2.75) is 19.8 Å². The number of carbonyl (C=O) groups excluding carboxylic acids is 2. The van der Waals surface area contributed by atoms with Crippen LogP contribution in [0.15, 0.2) is 49.1 Å². The molecule has 0 aliphatic rings. The quantitative estimate of drug-likeness (QED) is 0.419. The van der Waals surface area contributed by atoms with Gasteiger partial charge in [-0.15, -0.1) is 6.58 Å². The van der Waals surface area contributed by atoms with Gasteiger partial charge in [0.05, 0.1) is 14.2 Å². The van der Waals surface area contributed by atoms with Gasteiger partial charge in [-0.1, -0.05) is 18.2 Å². The fraction of sp³-hybridized carbons (Fsp3) is 0.238. The Labute approximate surface area is 158 Å². The number of hydrogen-bond acceptors (Lipinski definition) is 6. The number of carbonyl (C=O) groups is 2. The first-order chi connectivity index (χ1) is 12.9. The van der Waals surface area contributed by atoms with E-state index in [2.05, 4.69) is 6.58 Å². The summed E-state index contributed by atoms with van der Waals surface area (Å²) >= 11 is 0. The molecule has 0 heterocycles. The number of allylic oxidation sites excluding steroid dienone is 1. The molecule has 0 N–H and O–H groups in total. The molecule has 0 radical (unpaired) electrons. The van der Waals surface area contributed by atoms with Crippen molar-refractivity contribution in [2.24, 2.45) is 0 Å². The number of methoxy groups -OCH3 is 2. The van der Waals surface area contributed by atoms with Gasteiger partial charge in [0.25, 0.3) is 0 Å². The van der Waals surface area contributed by atoms with Crippen LogP contribution in [0.25, 0.3) is 0 Å². The average Bonchev–Trinajstić information content (AvgIpc) is 2.63. The molecular formula is C21H22O6. The van der Waals surface area contributed by atoms with Gasteiger partial charge in [0, 0.05) is 31.4 Å². The lowest BCUT2D eigenvalue weighted by atomic mass is 9.90. The van der Waals surface area contributed by atoms with Crippen LogP contribution in [-0.4, -0.2) is 26.2 Å². The van der Waals surface area contributed by atoms with Crippen LogP contribution in [0.4, 0.5) is 0 Å². The number of rotatable bonds is 7. The van der Waals surface area contributed by atoms with Crippen molar-refractivity contribution < 1.29 is 28.5 Å². The number of esters is 2. The van der Waals surface area contributed by atoms with E-state index < -0.39 is 11.9 Å². The van der Waals surface area contributed by atoms with Crippen LogP contribution in [0.5, 0.6) is 23.0 Å². The van der Waals surface area contributed by atoms with Gasteiger partial charge in [0.2, 0.25) is 0 Å². The molecule has 0 fully saturated rings. The first-order valence-electron chi connectivity index (χ1n) is 8.24. The van der Waals surface area contributed by atoms with Gasteiger partial charge in [-0.2, -0.15) is 0 Å². The van der Waals surface area contributed by atoms with Gasteiger partial charge < -0.3 is 18.9 Å². The Morgan fingerprint density at radius 2 is 1.48 bits per heavy atom. The number of hydrogen-bond donors (Lipinski definition) is 0. The normalized spacial score (nSPS) is 11.3. The van der Waals surface area contributed by atoms with E-state index in [0.717, 1.165) is 11.3 Å². The second-order valence-electron chi connectivity index (χ2n) is 5.71. The number of benzene rings is 2. The van der Waals surface area contributed by atoms with Crippen molar-refractivity contribution in [2.75, 3.05) is 14.2 Å². The summed E-state index contributed by atoms with van der Waals surface area (Å²) in [6.07, 6.45) is 1.72. The SMILES string of the molecule is C=C[C@H](c1ccc(OC)cc1)c1cc(OC(C)=O)c(OC)cc1OC(C)=O. The zero-order chi connectivity index (χ0) is 20.0. The molecule has 0 aromatic heterocycles. The summed E-state index contributed by atoms with van der Waals surface area (Å²) in [5.41, 5.74) is 1.51. The zero-order valence-electron chi connectivity index (χ0n) is 15.8. The molecule has 6 nitrogen and oxygen atoms in total. The fourth-order valence-corrected chi connectivity index (χ4v) is 2.69. The van der Waals surface area contributed by atoms with Gasteiger partial charge >= 0.3 is 11.9 Å². The maximum absolute atomic E-state index is 11.6. The lowest BCUT2D eigenvalue weighted by Crippen LogP contribution is -2.09. The Balaban J connectivity index is 2.61. The zero-order valence-corrected chi connectivity index (χ0v) is 15.8. The minimum atomic E-state index is -0.487. The van der Waals surface area contributed by atoms with E-state index in [1.54, 1.807) is 19.3 Å². The third-order valence-corrected chi connectivity index (χ3v) is 3.85. The molecule has 142 valence electrons. The van der Waals surface area contributed by atoms with Crippen molar-refractivity contribution in [3.8, 4) is 23.0 Å². The highest BCUT2D eigenvalue weighted by Crippen LogP contribution is 2.41. The molecule has 0 aliphatic carbocycles. The molecule has 2 rings (SSSR count). The fourth-order valence-electron chi connectivity index (χ4n) is 2.69. The topological polar surface area (TPSA) is 71.1 Å². The molecule has 2 aromatic rings. The Hall–Kier alpha value is -3.28. The van der Waals surface area contributed by atoms with Gasteiger partial charge in [-0.25, -0.2) is 0 Å². The summed E-state index contributed by atoms with van der Waals surface area (Å²) in [7, 11) is 3.03. The molecule has 2 aromatic carbocycles. The van der Waals surface area contributed by atoms with E-state index in [-0.39, 0.29) is 17.4 Å². The average molecular weight is 370 g/mol. The van der Waals surface area contributed by atoms with Crippen LogP contribution < -0.4 is 18.9 Å². The van der Waals surface area contributed by atoms with Crippen molar-refractivity contribution in [3.05, 3.63) is 60.2 Å². The standard InChI is InChI=1S/C21H22O6/c1-6-17(15-7-9-16(24-4)10-8-15)18-11-21(27-14(3)23)20(25-5)12-19(18)26-13(2)22/h6-12,17H,1H2,2-5H3/t17-/m1/s1. The van der Waals surface area contributed by atoms with Crippen molar-refractivity contribution in [1.29, 1.82) is 0 Å². The second kappa shape index (κ2) is 8.89. The summed E-state index contributed by atoms with van der Waals surface area (Å²) in [5, 5.41) is 0. The van der Waals surface area contributed by atoms with Crippen LogP contribution in [0.1, 0.15) is 30.9 Å². The molecule has 0 spiro atoms. The molecule has 0 amide bonds. The Morgan fingerprint density at radius 1 is 0.889 bits per heavy atom. The highest BCUT2D eigenvalue weighted by atomic mass is 16.6. The van der Waals surface area contributed by atoms with Crippen LogP contribution in [-0.2, 0) is 9.59 Å². The van der Waals surface area contributed by atoms with Crippen LogP contribution in [0.3, 0.4) is 0 Å². The van der Waals surface area contributed by atoms with Gasteiger partial charge in [0.15, 0.2) is 11.5 Å². The predicted octanol–water partition coefficient (Wildman–Crippen LogP) is 3.87. The van der Waals surface area contributed by atoms with Crippen LogP contribution in [0.2, 0.25) is 0 Å². The van der Waals surface area contributed by atoms with Crippen LogP contribution >= 0.6 is 0 Å². The minimum absolute atomic E-state index is 0.233. The summed E-state index contributed by atoms with van der Waals surface area (Å²) in [5.74, 6) is 0.257. The van der Waals surface area contributed by atoms with E-state index in [9.17, 15) is 9.59 Å². The molecule has 6 heteroatoms. The van der Waals surface area contributed by atoms with Crippen molar-refractivity contribution in [1.82, 2.24) is 0 Å². The molecule has 0 aliphatic heterocycles. The maximum Gasteiger partial charge on any atom is 0.308 e. The molecule has 27 heavy (non-hydrogen) atoms. The van der Waals surface area contributed by atoms with E-state index in [1.807, 2.05) is 24.3 Å². The molecular weight excluding hydrogens is 348 g/mol. The summed E-state index contributed by atoms with van der Waals surface area (Å²) in [6.45, 7) is 6.51. The van der Waals surface area contributed by atoms with E-state index in [0.29, 0.717) is 11.3 Å². The van der Waals surface area contributed by atoms with Gasteiger partial charge in [-0.3, -0.25) is 9.59 Å². The summed E-state index contributed by atoms with van der Waals surface area (Å²) < 4.78 is 21.1. The van der Waals surface area contributed by atoms with Crippen molar-refractivity contribution in [3.63, 3.8) is 0 Å². The Bertz CT molecular complexity index is 838. The second-order valence-corrected chi connectivity index (χ2v) is 5.71. The number of ether oxygens (including phenoxy) is 4. The van der Waals surface area contributed by atoms with Gasteiger partial charge in [-0.05, 0) is 23.8 Å². The molecule has 0 unspecified atom stereocenters. The van der Waals surface area contributed by atoms with Crippen LogP contribution in [0, 0.1) is 0 Å². The Kier molecular flexibility index (Phi) is 6.60. The summed E-state index contributed by atoms with van der Waals surface area (Å²) in [6, 6.07) is 10.6. The first kappa shape index (κ1) is 20.0. The molecule has 0 saturated carbocycles. The lowest BCUT2D eigenvalue weighted by Gasteiger charge is -2.20. The smallest absolute Gasteiger partial charge is 0.308 e. The minimum Gasteiger partial charge on any atom is -0.497 e. The Morgan fingerprint density at radius 3 is 1.96 bits per heavy atom. The first-order valence-corrected chi connectivity index (χ1v) is 8.24. The lowest BCUT2D eigenvalue weighted by molar-refractivity contribution is -0.133. The predicted molar refractivity (Wildman–Crippen MR) is 101 cm³/mol. The molecule has 0 bridgehead atoms. The van der Waals surface area contributed by atoms with E-state index in [4.69, 9.17) is 18.9 Å². The van der Waals surface area contributed by atoms with E-state index in [1.165, 1.54) is 27.0 Å². The van der Waals surface area contributed by atoms with Gasteiger partial charge in [0.1, 0.15) is 11.5 Å². The molecule has 1 atom stereocenters. The largest absolute Gasteiger partial charge is 0.497 e. The highest BCUT2D eigenvalue weighted by Gasteiger charge is 2.22. The molecule has 0 saturated heterocycles. The monoisotopic (exact) mass is 370 g/mol. The summed E-state index contributed by atoms with van der Waals surface area (Å²) in [4.78, 5) is 23.0. The third kappa shape index (κ3) is 4.88. The van der Waals surface area contributed by atoms with E-state index >= 15 is 0 Å². The highest BCUT2D eigenvalue weighted by molar-refractivity contribution is 5.73. The third-order valence-electron chi connectivity index (χ3n) is 3.85. The van der Waals surface area contributed by atoms with Crippen molar-refractivity contribution >= 4 is 11.9 Å².